The molecule has 0 spiro atoms. The highest BCUT2D eigenvalue weighted by molar-refractivity contribution is 7.80. The van der Waals surface area contributed by atoms with E-state index in [-0.39, 0.29) is 44.5 Å². The van der Waals surface area contributed by atoms with Gasteiger partial charge in [-0.2, -0.15) is 19.0 Å². The van der Waals surface area contributed by atoms with E-state index in [0.717, 1.165) is 0 Å². The Kier molecular flexibility index (Phi) is 7.73. The molecule has 20 heteroatoms. The minimum atomic E-state index is -0.0402. The van der Waals surface area contributed by atoms with Crippen molar-refractivity contribution in [3.63, 3.8) is 0 Å². The van der Waals surface area contributed by atoms with E-state index in [1.165, 1.54) is 9.03 Å². The van der Waals surface area contributed by atoms with Crippen molar-refractivity contribution in [2.45, 2.75) is 10.3 Å². The van der Waals surface area contributed by atoms with Crippen LogP contribution in [0.5, 0.6) is 0 Å². The van der Waals surface area contributed by atoms with Crippen LogP contribution in [0.3, 0.4) is 0 Å². The van der Waals surface area contributed by atoms with E-state index in [4.69, 9.17) is 77.4 Å². The summed E-state index contributed by atoms with van der Waals surface area (Å²) in [6.45, 7) is 0. The van der Waals surface area contributed by atoms with E-state index in [9.17, 15) is 0 Å². The molecule has 0 aliphatic rings. The Labute approximate surface area is 320 Å². The van der Waals surface area contributed by atoms with Crippen molar-refractivity contribution < 1.29 is 0 Å². The van der Waals surface area contributed by atoms with Crippen molar-refractivity contribution in [3.8, 4) is 45.3 Å². The zero-order chi connectivity index (χ0) is 36.0. The zero-order valence-corrected chi connectivity index (χ0v) is 30.5. The fourth-order valence-electron chi connectivity index (χ4n) is 5.90. The molecular formula is C32H16Cl4N14S2. The topological polar surface area (TPSA) is 191 Å². The van der Waals surface area contributed by atoms with Gasteiger partial charge in [-0.3, -0.25) is 10.8 Å². The van der Waals surface area contributed by atoms with Crippen molar-refractivity contribution in [2.75, 3.05) is 0 Å². The van der Waals surface area contributed by atoms with Crippen molar-refractivity contribution >= 4 is 105 Å². The molecule has 6 heterocycles. The molecule has 9 aromatic rings. The molecule has 0 atom stereocenters. The number of aromatic amines is 2. The van der Waals surface area contributed by atoms with Gasteiger partial charge in [-0.1, -0.05) is 70.7 Å². The molecule has 0 aliphatic heterocycles. The summed E-state index contributed by atoms with van der Waals surface area (Å²) in [6, 6.07) is 17.3. The van der Waals surface area contributed by atoms with Gasteiger partial charge in [0.1, 0.15) is 11.3 Å². The first-order chi connectivity index (χ1) is 25.0. The van der Waals surface area contributed by atoms with E-state index < -0.39 is 0 Å². The maximum atomic E-state index is 9.17. The van der Waals surface area contributed by atoms with Gasteiger partial charge in [0, 0.05) is 32.3 Å². The lowest BCUT2D eigenvalue weighted by Gasteiger charge is -2.09. The summed E-state index contributed by atoms with van der Waals surface area (Å²) < 4.78 is 2.69. The second-order valence-electron chi connectivity index (χ2n) is 11.3. The molecule has 0 fully saturated rings. The SMILES string of the molecule is N=c1c2c(-c3ccc(Cl)cc3Cl)nc(S)nc2[nH]c2nc(-c3ccccc3-c3nc4[nH]c5nc(S)nc(-c6ccc(Cl)cc6Cl)c5c(=N)n4n3)nn12. The van der Waals surface area contributed by atoms with E-state index >= 15 is 0 Å². The van der Waals surface area contributed by atoms with Crippen molar-refractivity contribution in [3.05, 3.63) is 91.7 Å². The van der Waals surface area contributed by atoms with Crippen LogP contribution in [-0.4, -0.2) is 59.1 Å². The van der Waals surface area contributed by atoms with Gasteiger partial charge in [0.15, 0.2) is 32.9 Å². The number of H-pyrrole nitrogens is 2. The molecule has 0 saturated carbocycles. The van der Waals surface area contributed by atoms with Gasteiger partial charge in [-0.15, -0.1) is 35.5 Å². The predicted octanol–water partition coefficient (Wildman–Crippen LogP) is 7.13. The summed E-state index contributed by atoms with van der Waals surface area (Å²) in [5.74, 6) is 1.02. The van der Waals surface area contributed by atoms with Gasteiger partial charge in [-0.05, 0) is 36.4 Å². The molecule has 0 aliphatic carbocycles. The minimum absolute atomic E-state index is 0.0402. The molecule has 3 aromatic carbocycles. The number of fused-ring (bicyclic) bond motifs is 4. The van der Waals surface area contributed by atoms with Crippen LogP contribution in [-0.2, 0) is 0 Å². The second kappa shape index (κ2) is 12.3. The normalized spacial score (nSPS) is 11.8. The van der Waals surface area contributed by atoms with Crippen LogP contribution in [0, 0.1) is 10.8 Å². The lowest BCUT2D eigenvalue weighted by molar-refractivity contribution is 0.864. The zero-order valence-electron chi connectivity index (χ0n) is 25.7. The number of benzene rings is 3. The third-order valence-electron chi connectivity index (χ3n) is 8.15. The summed E-state index contributed by atoms with van der Waals surface area (Å²) in [6.07, 6.45) is 0. The number of hydrogen-bond donors (Lipinski definition) is 6. The smallest absolute Gasteiger partial charge is 0.233 e. The molecule has 14 nitrogen and oxygen atoms in total. The van der Waals surface area contributed by atoms with Crippen molar-refractivity contribution in [1.82, 2.24) is 59.1 Å². The Morgan fingerprint density at radius 1 is 0.538 bits per heavy atom. The fraction of sp³-hybridized carbons (Fsp3) is 0. The highest BCUT2D eigenvalue weighted by Gasteiger charge is 2.22. The van der Waals surface area contributed by atoms with Gasteiger partial charge in [0.2, 0.25) is 11.6 Å². The Balaban J connectivity index is 1.21. The molecule has 0 saturated heterocycles. The number of thiol groups is 2. The van der Waals surface area contributed by atoms with E-state index in [1.54, 1.807) is 36.4 Å². The molecular weight excluding hydrogens is 786 g/mol. The molecule has 6 aromatic heterocycles. The van der Waals surface area contributed by atoms with E-state index in [0.29, 0.717) is 75.8 Å². The second-order valence-corrected chi connectivity index (χ2v) is 13.8. The number of nitrogens with one attached hydrogen (secondary N) is 4. The average Bonchev–Trinajstić information content (AvgIpc) is 3.73. The molecule has 9 rings (SSSR count). The average molecular weight is 803 g/mol. The van der Waals surface area contributed by atoms with Gasteiger partial charge >= 0.3 is 0 Å². The Bertz CT molecular complexity index is 2910. The first kappa shape index (κ1) is 32.8. The van der Waals surface area contributed by atoms with E-state index in [2.05, 4.69) is 55.2 Å². The summed E-state index contributed by atoms with van der Waals surface area (Å²) >= 11 is 34.2. The molecule has 0 bridgehead atoms. The molecule has 0 amide bonds. The molecule has 52 heavy (non-hydrogen) atoms. The Morgan fingerprint density at radius 3 is 1.37 bits per heavy atom. The number of halogens is 4. The van der Waals surface area contributed by atoms with Gasteiger partial charge in [-0.25, -0.2) is 19.9 Å². The van der Waals surface area contributed by atoms with Crippen LogP contribution in [0.2, 0.25) is 20.1 Å². The molecule has 0 unspecified atom stereocenters. The lowest BCUT2D eigenvalue weighted by Crippen LogP contribution is -2.18. The van der Waals surface area contributed by atoms with Crippen LogP contribution in [0.15, 0.2) is 71.0 Å². The van der Waals surface area contributed by atoms with Crippen molar-refractivity contribution in [1.29, 1.82) is 10.8 Å². The van der Waals surface area contributed by atoms with Crippen LogP contribution in [0.25, 0.3) is 78.9 Å². The highest BCUT2D eigenvalue weighted by atomic mass is 35.5. The minimum Gasteiger partial charge on any atom is -0.308 e. The Hall–Kier alpha value is -5.10. The quantitative estimate of drug-likeness (QED) is 0.0800. The summed E-state index contributed by atoms with van der Waals surface area (Å²) in [7, 11) is 0. The summed E-state index contributed by atoms with van der Waals surface area (Å²) in [5, 5.41) is 30.3. The number of rotatable bonds is 4. The fourth-order valence-corrected chi connectivity index (χ4v) is 7.30. The number of aromatic nitrogens is 12. The first-order valence-corrected chi connectivity index (χ1v) is 17.3. The lowest BCUT2D eigenvalue weighted by atomic mass is 10.1. The molecule has 254 valence electrons. The van der Waals surface area contributed by atoms with Crippen LogP contribution < -0.4 is 11.0 Å². The van der Waals surface area contributed by atoms with Gasteiger partial charge < -0.3 is 9.97 Å². The predicted molar refractivity (Wildman–Crippen MR) is 202 cm³/mol. The maximum Gasteiger partial charge on any atom is 0.233 e. The van der Waals surface area contributed by atoms with Crippen LogP contribution in [0.1, 0.15) is 0 Å². The van der Waals surface area contributed by atoms with E-state index in [1.807, 2.05) is 24.3 Å². The molecule has 4 N–H and O–H groups in total. The number of nitrogens with zero attached hydrogens (tertiary/aromatic N) is 10. The van der Waals surface area contributed by atoms with Gasteiger partial charge in [0.05, 0.1) is 32.2 Å². The van der Waals surface area contributed by atoms with Gasteiger partial charge in [0.25, 0.3) is 0 Å². The number of hydrogen-bond acceptors (Lipinski definition) is 12. The molecule has 0 radical (unpaired) electrons. The largest absolute Gasteiger partial charge is 0.308 e. The van der Waals surface area contributed by atoms with Crippen LogP contribution in [0.4, 0.5) is 0 Å². The van der Waals surface area contributed by atoms with Crippen LogP contribution >= 0.6 is 71.7 Å². The summed E-state index contributed by atoms with van der Waals surface area (Å²) in [5.41, 5.74) is 3.48. The summed E-state index contributed by atoms with van der Waals surface area (Å²) in [4.78, 5) is 33.6. The standard InChI is InChI=1S/C32H16Cl4N14S2/c33-11-5-7-15(17(35)9-11)21-19-23(37)49-29(43-27(19)45-31(51)39-21)41-25(47-49)13-3-1-2-4-14(13)26-42-30-44-28-20(24(38)50(30)48-26)22(40-32(52)46-28)16-8-6-12(34)10-18(16)36/h1-10,37-38H,(H2,39,41,43,45,47,51)(H2,40,42,44,46,48,52). The monoisotopic (exact) mass is 800 g/mol. The Morgan fingerprint density at radius 2 is 0.962 bits per heavy atom. The van der Waals surface area contributed by atoms with Crippen molar-refractivity contribution in [2.24, 2.45) is 0 Å². The third-order valence-corrected chi connectivity index (χ3v) is 9.64. The third kappa shape index (κ3) is 5.29. The maximum absolute atomic E-state index is 9.17. The highest BCUT2D eigenvalue weighted by Crippen LogP contribution is 2.35. The first-order valence-electron chi connectivity index (χ1n) is 14.9.